The van der Waals surface area contributed by atoms with Gasteiger partial charge in [-0.2, -0.15) is 0 Å². The summed E-state index contributed by atoms with van der Waals surface area (Å²) in [4.78, 5) is 21.8. The van der Waals surface area contributed by atoms with Gasteiger partial charge in [-0.1, -0.05) is 0 Å². The number of carbonyl (C=O) groups is 1. The Kier molecular flexibility index (Phi) is 5.74. The summed E-state index contributed by atoms with van der Waals surface area (Å²) in [6.07, 6.45) is 0.428. The number of aliphatic hydroxyl groups is 1. The molecule has 0 saturated heterocycles. The van der Waals surface area contributed by atoms with Crippen LogP contribution in [0.5, 0.6) is 5.75 Å². The van der Waals surface area contributed by atoms with Gasteiger partial charge in [0.2, 0.25) is 5.91 Å². The van der Waals surface area contributed by atoms with E-state index in [1.807, 2.05) is 0 Å². The molecule has 0 radical (unpaired) electrons. The zero-order valence-corrected chi connectivity index (χ0v) is 10.6. The van der Waals surface area contributed by atoms with Crippen LogP contribution in [0.15, 0.2) is 18.2 Å². The first-order valence-corrected chi connectivity index (χ1v) is 5.90. The molecule has 1 aromatic rings. The number of aliphatic hydroxyl groups excluding tert-OH is 1. The summed E-state index contributed by atoms with van der Waals surface area (Å²) in [5.74, 6) is 0.00358. The Morgan fingerprint density at radius 2 is 2.26 bits per heavy atom. The molecule has 7 nitrogen and oxygen atoms in total. The van der Waals surface area contributed by atoms with Crippen molar-refractivity contribution in [1.29, 1.82) is 0 Å². The molecule has 0 aliphatic rings. The Labute approximate surface area is 110 Å². The van der Waals surface area contributed by atoms with Crippen LogP contribution in [0.2, 0.25) is 0 Å². The van der Waals surface area contributed by atoms with Gasteiger partial charge in [0.05, 0.1) is 17.6 Å². The van der Waals surface area contributed by atoms with Crippen molar-refractivity contribution in [1.82, 2.24) is 0 Å². The quantitative estimate of drug-likeness (QED) is 0.579. The molecule has 0 saturated carbocycles. The van der Waals surface area contributed by atoms with Crippen molar-refractivity contribution in [2.24, 2.45) is 0 Å². The monoisotopic (exact) mass is 268 g/mol. The van der Waals surface area contributed by atoms with Crippen molar-refractivity contribution in [3.63, 3.8) is 0 Å². The smallest absolute Gasteiger partial charge is 0.296 e. The Morgan fingerprint density at radius 3 is 2.84 bits per heavy atom. The van der Waals surface area contributed by atoms with Gasteiger partial charge in [0, 0.05) is 13.0 Å². The normalized spacial score (nSPS) is 10.0. The fourth-order valence-corrected chi connectivity index (χ4v) is 1.48. The molecular formula is C12H16N2O5. The molecule has 0 fully saturated rings. The highest BCUT2D eigenvalue weighted by Gasteiger charge is 2.17. The molecule has 0 aromatic heterocycles. The number of carbonyl (C=O) groups excluding carboxylic acids is 1. The molecule has 7 heteroatoms. The highest BCUT2D eigenvalue weighted by Crippen LogP contribution is 2.29. The van der Waals surface area contributed by atoms with Gasteiger partial charge in [-0.3, -0.25) is 14.9 Å². The minimum Gasteiger partial charge on any atom is -0.494 e. The first-order chi connectivity index (χ1) is 9.08. The number of hydrogen-bond donors (Lipinski definition) is 2. The van der Waals surface area contributed by atoms with E-state index in [1.165, 1.54) is 12.1 Å². The van der Waals surface area contributed by atoms with Crippen LogP contribution in [0.4, 0.5) is 11.4 Å². The van der Waals surface area contributed by atoms with Gasteiger partial charge in [0.1, 0.15) is 11.4 Å². The summed E-state index contributed by atoms with van der Waals surface area (Å²) in [5.41, 5.74) is -0.0975. The lowest BCUT2D eigenvalue weighted by Gasteiger charge is -2.08. The van der Waals surface area contributed by atoms with Crippen LogP contribution in [0.3, 0.4) is 0 Å². The Hall–Kier alpha value is -2.15. The summed E-state index contributed by atoms with van der Waals surface area (Å²) in [5, 5.41) is 22.0. The lowest BCUT2D eigenvalue weighted by molar-refractivity contribution is -0.384. The lowest BCUT2D eigenvalue weighted by atomic mass is 10.2. The Morgan fingerprint density at radius 1 is 1.53 bits per heavy atom. The third kappa shape index (κ3) is 4.55. The van der Waals surface area contributed by atoms with E-state index in [1.54, 1.807) is 13.0 Å². The minimum atomic E-state index is -0.579. The molecule has 1 amide bonds. The molecule has 1 aromatic carbocycles. The van der Waals surface area contributed by atoms with E-state index in [0.29, 0.717) is 18.8 Å². The number of hydrogen-bond acceptors (Lipinski definition) is 5. The number of benzene rings is 1. The number of amides is 1. The summed E-state index contributed by atoms with van der Waals surface area (Å²) < 4.78 is 5.17. The molecule has 0 aliphatic carbocycles. The first kappa shape index (κ1) is 14.9. The van der Waals surface area contributed by atoms with E-state index >= 15 is 0 Å². The fourth-order valence-electron chi connectivity index (χ4n) is 1.48. The summed E-state index contributed by atoms with van der Waals surface area (Å²) in [6.45, 7) is 2.08. The average molecular weight is 268 g/mol. The van der Waals surface area contributed by atoms with Crippen LogP contribution in [0.25, 0.3) is 0 Å². The molecule has 0 atom stereocenters. The molecule has 1 rings (SSSR count). The zero-order chi connectivity index (χ0) is 14.3. The lowest BCUT2D eigenvalue weighted by Crippen LogP contribution is -2.13. The van der Waals surface area contributed by atoms with E-state index in [-0.39, 0.29) is 30.3 Å². The van der Waals surface area contributed by atoms with Crippen molar-refractivity contribution in [3.8, 4) is 5.75 Å². The van der Waals surface area contributed by atoms with Crippen LogP contribution < -0.4 is 10.1 Å². The molecule has 0 bridgehead atoms. The van der Waals surface area contributed by atoms with Gasteiger partial charge >= 0.3 is 0 Å². The molecule has 2 N–H and O–H groups in total. The van der Waals surface area contributed by atoms with E-state index in [2.05, 4.69) is 5.32 Å². The van der Waals surface area contributed by atoms with Gasteiger partial charge in [-0.25, -0.2) is 0 Å². The van der Waals surface area contributed by atoms with Crippen molar-refractivity contribution in [3.05, 3.63) is 28.3 Å². The number of rotatable bonds is 7. The average Bonchev–Trinajstić information content (AvgIpc) is 2.38. The highest BCUT2D eigenvalue weighted by atomic mass is 16.6. The van der Waals surface area contributed by atoms with E-state index in [4.69, 9.17) is 9.84 Å². The standard InChI is InChI=1S/C12H16N2O5/c1-2-19-9-5-6-10(11(8-9)14(17)18)13-12(16)4-3-7-15/h5-6,8,15H,2-4,7H2,1H3,(H,13,16). The van der Waals surface area contributed by atoms with Gasteiger partial charge in [0.15, 0.2) is 0 Å². The topological polar surface area (TPSA) is 102 Å². The Bertz CT molecular complexity index is 461. The van der Waals surface area contributed by atoms with Gasteiger partial charge < -0.3 is 15.2 Å². The van der Waals surface area contributed by atoms with E-state index < -0.39 is 4.92 Å². The van der Waals surface area contributed by atoms with E-state index in [9.17, 15) is 14.9 Å². The van der Waals surface area contributed by atoms with Gasteiger partial charge in [-0.15, -0.1) is 0 Å². The minimum absolute atomic E-state index is 0.0984. The SMILES string of the molecule is CCOc1ccc(NC(=O)CCCO)c([N+](=O)[O-])c1. The Balaban J connectivity index is 2.87. The van der Waals surface area contributed by atoms with Crippen LogP contribution in [0, 0.1) is 10.1 Å². The number of nitro benzene ring substituents is 1. The maximum atomic E-state index is 11.5. The van der Waals surface area contributed by atoms with Crippen molar-refractivity contribution < 1.29 is 19.6 Å². The third-order valence-corrected chi connectivity index (χ3v) is 2.31. The van der Waals surface area contributed by atoms with Crippen molar-refractivity contribution in [2.45, 2.75) is 19.8 Å². The first-order valence-electron chi connectivity index (χ1n) is 5.90. The number of nitrogens with zero attached hydrogens (tertiary/aromatic N) is 1. The number of nitro groups is 1. The predicted molar refractivity (Wildman–Crippen MR) is 69.2 cm³/mol. The molecule has 0 spiro atoms. The number of nitrogens with one attached hydrogen (secondary N) is 1. The maximum Gasteiger partial charge on any atom is 0.296 e. The third-order valence-electron chi connectivity index (χ3n) is 2.31. The molecule has 0 heterocycles. The molecular weight excluding hydrogens is 252 g/mol. The fraction of sp³-hybridized carbons (Fsp3) is 0.417. The molecule has 19 heavy (non-hydrogen) atoms. The number of anilines is 1. The maximum absolute atomic E-state index is 11.5. The van der Waals surface area contributed by atoms with E-state index in [0.717, 1.165) is 0 Å². The molecule has 0 unspecified atom stereocenters. The largest absolute Gasteiger partial charge is 0.494 e. The van der Waals surface area contributed by atoms with Crippen LogP contribution >= 0.6 is 0 Å². The van der Waals surface area contributed by atoms with Crippen LogP contribution in [0.1, 0.15) is 19.8 Å². The van der Waals surface area contributed by atoms with Gasteiger partial charge in [-0.05, 0) is 25.5 Å². The van der Waals surface area contributed by atoms with Crippen LogP contribution in [-0.2, 0) is 4.79 Å². The molecule has 104 valence electrons. The van der Waals surface area contributed by atoms with Gasteiger partial charge in [0.25, 0.3) is 5.69 Å². The van der Waals surface area contributed by atoms with Crippen LogP contribution in [-0.4, -0.2) is 29.2 Å². The molecule has 0 aliphatic heterocycles. The number of ether oxygens (including phenoxy) is 1. The summed E-state index contributed by atoms with van der Waals surface area (Å²) >= 11 is 0. The summed E-state index contributed by atoms with van der Waals surface area (Å²) in [6, 6.07) is 4.25. The second-order valence-corrected chi connectivity index (χ2v) is 3.74. The van der Waals surface area contributed by atoms with Crippen molar-refractivity contribution >= 4 is 17.3 Å². The highest BCUT2D eigenvalue weighted by molar-refractivity contribution is 5.93. The summed E-state index contributed by atoms with van der Waals surface area (Å²) in [7, 11) is 0. The second kappa shape index (κ2) is 7.32. The predicted octanol–water partition coefficient (Wildman–Crippen LogP) is 1.70. The second-order valence-electron chi connectivity index (χ2n) is 3.74. The van der Waals surface area contributed by atoms with Crippen molar-refractivity contribution in [2.75, 3.05) is 18.5 Å². The zero-order valence-electron chi connectivity index (χ0n) is 10.6.